The van der Waals surface area contributed by atoms with Crippen LogP contribution in [0.4, 0.5) is 0 Å². The molecule has 0 amide bonds. The lowest BCUT2D eigenvalue weighted by molar-refractivity contribution is -0.382. The highest BCUT2D eigenvalue weighted by Crippen LogP contribution is 2.76. The summed E-state index contributed by atoms with van der Waals surface area (Å²) in [5.74, 6) is -0.246. The first kappa shape index (κ1) is 43.5. The molecule has 3 saturated heterocycles. The fourth-order valence-electron chi connectivity index (χ4n) is 14.1. The third-order valence-corrected chi connectivity index (χ3v) is 17.3. The van der Waals surface area contributed by atoms with Crippen LogP contribution in [-0.2, 0) is 23.7 Å². The number of fused-ring (bicyclic) bond motifs is 5. The minimum atomic E-state index is -1.70. The van der Waals surface area contributed by atoms with Crippen LogP contribution in [0.3, 0.4) is 0 Å². The Labute approximate surface area is 331 Å². The zero-order valence-corrected chi connectivity index (χ0v) is 34.8. The number of ether oxygens (including phenoxy) is 5. The molecule has 0 aromatic heterocycles. The van der Waals surface area contributed by atoms with Crippen LogP contribution in [-0.4, -0.2) is 150 Å². The van der Waals surface area contributed by atoms with Gasteiger partial charge in [-0.05, 0) is 124 Å². The molecule has 4 saturated carbocycles. The summed E-state index contributed by atoms with van der Waals surface area (Å²) in [5, 5.41) is 99.5. The molecule has 4 aliphatic carbocycles. The first-order valence-electron chi connectivity index (χ1n) is 21.2. The van der Waals surface area contributed by atoms with E-state index in [2.05, 4.69) is 41.5 Å². The van der Waals surface area contributed by atoms with E-state index in [0.29, 0.717) is 25.7 Å². The summed E-state index contributed by atoms with van der Waals surface area (Å²) in [6, 6.07) is 0. The molecule has 0 radical (unpaired) electrons. The lowest BCUT2D eigenvalue weighted by atomic mass is 9.34. The Hall–Kier alpha value is -0.560. The van der Waals surface area contributed by atoms with Crippen LogP contribution in [0.15, 0.2) is 0 Å². The summed E-state index contributed by atoms with van der Waals surface area (Å²) >= 11 is 0. The quantitative estimate of drug-likeness (QED) is 0.166. The number of aliphatic hydroxyl groups is 9. The Morgan fingerprint density at radius 1 is 0.732 bits per heavy atom. The molecule has 0 aromatic carbocycles. The minimum absolute atomic E-state index is 0.0557. The molecule has 9 N–H and O–H groups in total. The first-order chi connectivity index (χ1) is 25.9. The Morgan fingerprint density at radius 2 is 1.41 bits per heavy atom. The van der Waals surface area contributed by atoms with Gasteiger partial charge in [-0.15, -0.1) is 0 Å². The largest absolute Gasteiger partial charge is 0.394 e. The normalized spacial score (nSPS) is 57.3. The van der Waals surface area contributed by atoms with Gasteiger partial charge in [-0.1, -0.05) is 34.6 Å². The fourth-order valence-corrected chi connectivity index (χ4v) is 14.1. The zero-order valence-electron chi connectivity index (χ0n) is 34.8. The standard InChI is InChI=1S/C42H72O14/c1-19-28(46)30(48)32(50)35(52-19)55-33-31(49)29(47)23(18-43)54-36(33)53-22-17-41(8)24(39(6)13-11-25(45)37(2,3)34(22)39)16-21(44)27-20(10-14-40(27,41)7)42(9)15-12-26(56-42)38(4,5)51/h19-36,43-51H,10-18H2,1-9H3/t19-,20-,21+,22-,23+,24+,25-,26+,27-,28-,29+,30+,31-,32+,33+,34-,35-,36+,39+,40+,41+,42-/m0/s1. The van der Waals surface area contributed by atoms with Gasteiger partial charge in [-0.3, -0.25) is 0 Å². The van der Waals surface area contributed by atoms with E-state index in [1.165, 1.54) is 6.92 Å². The third-order valence-electron chi connectivity index (χ3n) is 17.3. The van der Waals surface area contributed by atoms with Crippen LogP contribution in [0.2, 0.25) is 0 Å². The number of hydrogen-bond acceptors (Lipinski definition) is 14. The number of aliphatic hydroxyl groups excluding tert-OH is 8. The van der Waals surface area contributed by atoms with Gasteiger partial charge in [0.05, 0.1) is 48.3 Å². The van der Waals surface area contributed by atoms with E-state index >= 15 is 0 Å². The summed E-state index contributed by atoms with van der Waals surface area (Å²) in [6.07, 6.45) is -11.0. The minimum Gasteiger partial charge on any atom is -0.394 e. The molecule has 0 bridgehead atoms. The molecular formula is C42H72O14. The third kappa shape index (κ3) is 6.49. The van der Waals surface area contributed by atoms with Crippen molar-refractivity contribution in [3.63, 3.8) is 0 Å². The molecule has 7 fully saturated rings. The molecule has 0 aromatic rings. The summed E-state index contributed by atoms with van der Waals surface area (Å²) < 4.78 is 32.0. The van der Waals surface area contributed by atoms with Crippen molar-refractivity contribution < 1.29 is 69.6 Å². The monoisotopic (exact) mass is 800 g/mol. The van der Waals surface area contributed by atoms with E-state index in [1.807, 2.05) is 0 Å². The van der Waals surface area contributed by atoms with Crippen LogP contribution in [0.5, 0.6) is 0 Å². The van der Waals surface area contributed by atoms with Gasteiger partial charge in [0.25, 0.3) is 0 Å². The van der Waals surface area contributed by atoms with E-state index in [9.17, 15) is 46.0 Å². The topological polar surface area (TPSA) is 228 Å². The van der Waals surface area contributed by atoms with E-state index in [4.69, 9.17) is 23.7 Å². The maximum atomic E-state index is 12.4. The van der Waals surface area contributed by atoms with Crippen molar-refractivity contribution in [1.29, 1.82) is 0 Å². The van der Waals surface area contributed by atoms with Crippen molar-refractivity contribution in [1.82, 2.24) is 0 Å². The Morgan fingerprint density at radius 3 is 2.04 bits per heavy atom. The first-order valence-corrected chi connectivity index (χ1v) is 21.2. The predicted molar refractivity (Wildman–Crippen MR) is 200 cm³/mol. The van der Waals surface area contributed by atoms with E-state index in [0.717, 1.165) is 25.7 Å². The van der Waals surface area contributed by atoms with Gasteiger partial charge >= 0.3 is 0 Å². The maximum Gasteiger partial charge on any atom is 0.187 e. The molecule has 0 spiro atoms. The van der Waals surface area contributed by atoms with Crippen molar-refractivity contribution >= 4 is 0 Å². The van der Waals surface area contributed by atoms with E-state index < -0.39 is 114 Å². The Bertz CT molecular complexity index is 1430. The van der Waals surface area contributed by atoms with Crippen molar-refractivity contribution in [2.24, 2.45) is 45.3 Å². The maximum absolute atomic E-state index is 12.4. The van der Waals surface area contributed by atoms with Crippen molar-refractivity contribution in [3.8, 4) is 0 Å². The molecule has 7 rings (SSSR count). The number of hydrogen-bond donors (Lipinski definition) is 9. The second-order valence-corrected chi connectivity index (χ2v) is 21.2. The Kier molecular flexibility index (Phi) is 11.3. The molecule has 56 heavy (non-hydrogen) atoms. The average Bonchev–Trinajstić information content (AvgIpc) is 3.71. The van der Waals surface area contributed by atoms with Crippen LogP contribution in [0.25, 0.3) is 0 Å². The highest BCUT2D eigenvalue weighted by atomic mass is 16.8. The van der Waals surface area contributed by atoms with Gasteiger partial charge in [0.2, 0.25) is 0 Å². The summed E-state index contributed by atoms with van der Waals surface area (Å²) in [4.78, 5) is 0. The molecular weight excluding hydrogens is 728 g/mol. The second-order valence-electron chi connectivity index (χ2n) is 21.2. The smallest absolute Gasteiger partial charge is 0.187 e. The molecule has 7 aliphatic rings. The van der Waals surface area contributed by atoms with Gasteiger partial charge in [-0.25, -0.2) is 0 Å². The van der Waals surface area contributed by atoms with Crippen molar-refractivity contribution in [2.75, 3.05) is 6.61 Å². The van der Waals surface area contributed by atoms with E-state index in [1.54, 1.807) is 13.8 Å². The molecule has 14 heteroatoms. The molecule has 3 aliphatic heterocycles. The van der Waals surface area contributed by atoms with Gasteiger partial charge < -0.3 is 69.6 Å². The molecule has 0 unspecified atom stereocenters. The zero-order chi connectivity index (χ0) is 41.3. The lowest BCUT2D eigenvalue weighted by Gasteiger charge is -2.72. The predicted octanol–water partition coefficient (Wildman–Crippen LogP) is 1.36. The highest BCUT2D eigenvalue weighted by Gasteiger charge is 2.74. The SMILES string of the molecule is C[C@@H]1O[C@@H](O[C@H]2[C@H](O[C@H]3C[C@]4(C)[C@H](C[C@@H](O)[C@@H]5[C@@H]([C@]6(C)CC[C@H](C(C)(C)O)O6)CC[C@]54C)[C@@]4(C)CC[C@H](O)C(C)(C)[C@H]34)O[C@H](CO)[C@@H](O)[C@@H]2O)[C@H](O)[C@H](O)[C@H]1O. The number of rotatable bonds is 7. The molecule has 324 valence electrons. The average molecular weight is 801 g/mol. The van der Waals surface area contributed by atoms with Crippen LogP contribution >= 0.6 is 0 Å². The van der Waals surface area contributed by atoms with Crippen molar-refractivity contribution in [3.05, 3.63) is 0 Å². The summed E-state index contributed by atoms with van der Waals surface area (Å²) in [6.45, 7) is 17.6. The molecule has 3 heterocycles. The Balaban J connectivity index is 1.26. The fraction of sp³-hybridized carbons (Fsp3) is 1.00. The molecule has 22 atom stereocenters. The van der Waals surface area contributed by atoms with Gasteiger partial charge in [-0.2, -0.15) is 0 Å². The summed E-state index contributed by atoms with van der Waals surface area (Å²) in [5.41, 5.74) is -3.36. The highest BCUT2D eigenvalue weighted by molar-refractivity contribution is 5.22. The second kappa shape index (κ2) is 14.5. The van der Waals surface area contributed by atoms with Gasteiger partial charge in [0.1, 0.15) is 42.7 Å². The van der Waals surface area contributed by atoms with Crippen molar-refractivity contribution in [2.45, 2.75) is 211 Å². The van der Waals surface area contributed by atoms with E-state index in [-0.39, 0.29) is 35.2 Å². The van der Waals surface area contributed by atoms with Gasteiger partial charge in [0.15, 0.2) is 12.6 Å². The van der Waals surface area contributed by atoms with Crippen LogP contribution < -0.4 is 0 Å². The lowest BCUT2D eigenvalue weighted by Crippen LogP contribution is -2.71. The van der Waals surface area contributed by atoms with Crippen LogP contribution in [0, 0.1) is 45.3 Å². The summed E-state index contributed by atoms with van der Waals surface area (Å²) in [7, 11) is 0. The molecule has 14 nitrogen and oxygen atoms in total. The van der Waals surface area contributed by atoms with Crippen LogP contribution in [0.1, 0.15) is 114 Å². The van der Waals surface area contributed by atoms with Gasteiger partial charge in [0, 0.05) is 0 Å².